The number of carbonyl (C=O) groups is 1. The fraction of sp³-hybridized carbons (Fsp3) is 0.818. The molecule has 1 rings (SSSR count). The quantitative estimate of drug-likeness (QED) is 0.654. The molecular weight excluding hydrogens is 192 g/mol. The van der Waals surface area contributed by atoms with E-state index in [1.807, 2.05) is 20.8 Å². The van der Waals surface area contributed by atoms with Gasteiger partial charge in [0.05, 0.1) is 0 Å². The number of hydrogen-bond acceptors (Lipinski definition) is 2. The lowest BCUT2D eigenvalue weighted by atomic mass is 9.97. The van der Waals surface area contributed by atoms with Gasteiger partial charge in [0, 0.05) is 25.4 Å². The molecule has 0 spiro atoms. The average Bonchev–Trinajstić information content (AvgIpc) is 1.98. The Kier molecular flexibility index (Phi) is 3.57. The van der Waals surface area contributed by atoms with Gasteiger partial charge in [0.25, 0.3) is 0 Å². The molecule has 1 aliphatic heterocycles. The van der Waals surface area contributed by atoms with Crippen LogP contribution in [0.4, 0.5) is 4.79 Å². The van der Waals surface area contributed by atoms with Crippen LogP contribution in [0, 0.1) is 12.5 Å². The van der Waals surface area contributed by atoms with Crippen LogP contribution in [0.5, 0.6) is 0 Å². The lowest BCUT2D eigenvalue weighted by Gasteiger charge is -2.39. The standard InChI is InChI=1S/C11H18N2O2/c1-11(2,3)15-10(14)13-7-9(8-13)5-6-12-4/h9H,5-8H2,1-3H3. The molecular formula is C11H18N2O2. The smallest absolute Gasteiger partial charge is 0.410 e. The van der Waals surface area contributed by atoms with E-state index in [0.29, 0.717) is 12.5 Å². The monoisotopic (exact) mass is 210 g/mol. The van der Waals surface area contributed by atoms with E-state index in [1.165, 1.54) is 0 Å². The first-order chi connectivity index (χ1) is 6.92. The van der Waals surface area contributed by atoms with Gasteiger partial charge in [-0.1, -0.05) is 0 Å². The molecule has 0 aromatic rings. The molecule has 0 saturated carbocycles. The number of amides is 1. The van der Waals surface area contributed by atoms with Crippen molar-refractivity contribution in [1.82, 2.24) is 4.90 Å². The van der Waals surface area contributed by atoms with Gasteiger partial charge in [-0.3, -0.25) is 0 Å². The van der Waals surface area contributed by atoms with E-state index in [1.54, 1.807) is 4.90 Å². The number of rotatable bonds is 2. The predicted molar refractivity (Wildman–Crippen MR) is 57.4 cm³/mol. The number of hydrogen-bond donors (Lipinski definition) is 0. The van der Waals surface area contributed by atoms with E-state index in [9.17, 15) is 4.79 Å². The van der Waals surface area contributed by atoms with E-state index in [0.717, 1.165) is 19.5 Å². The van der Waals surface area contributed by atoms with E-state index >= 15 is 0 Å². The van der Waals surface area contributed by atoms with Crippen molar-refractivity contribution >= 4 is 6.09 Å². The van der Waals surface area contributed by atoms with Crippen molar-refractivity contribution in [2.75, 3.05) is 19.6 Å². The third kappa shape index (κ3) is 3.78. The Hall–Kier alpha value is -1.24. The molecule has 0 unspecified atom stereocenters. The Labute approximate surface area is 91.0 Å². The van der Waals surface area contributed by atoms with Crippen LogP contribution in [0.15, 0.2) is 0 Å². The molecule has 1 aliphatic rings. The number of nitrogens with zero attached hydrogens (tertiary/aromatic N) is 2. The number of ether oxygens (including phenoxy) is 1. The third-order valence-electron chi connectivity index (χ3n) is 2.26. The minimum atomic E-state index is -0.418. The molecule has 4 nitrogen and oxygen atoms in total. The van der Waals surface area contributed by atoms with Gasteiger partial charge in [-0.05, 0) is 20.8 Å². The van der Waals surface area contributed by atoms with Crippen LogP contribution in [0.2, 0.25) is 0 Å². The molecule has 15 heavy (non-hydrogen) atoms. The van der Waals surface area contributed by atoms with Gasteiger partial charge in [-0.25, -0.2) is 11.4 Å². The maximum Gasteiger partial charge on any atom is 0.410 e. The highest BCUT2D eigenvalue weighted by Crippen LogP contribution is 2.21. The van der Waals surface area contributed by atoms with Gasteiger partial charge >= 0.3 is 6.09 Å². The highest BCUT2D eigenvalue weighted by atomic mass is 16.6. The normalized spacial score (nSPS) is 16.8. The maximum atomic E-state index is 11.5. The van der Waals surface area contributed by atoms with Crippen molar-refractivity contribution in [2.24, 2.45) is 5.92 Å². The molecule has 4 heteroatoms. The third-order valence-corrected chi connectivity index (χ3v) is 2.26. The van der Waals surface area contributed by atoms with Crippen molar-refractivity contribution in [2.45, 2.75) is 32.8 Å². The molecule has 1 amide bonds. The first kappa shape index (κ1) is 11.8. The molecule has 0 radical (unpaired) electrons. The van der Waals surface area contributed by atoms with Crippen molar-refractivity contribution < 1.29 is 9.53 Å². The molecule has 0 aromatic heterocycles. The summed E-state index contributed by atoms with van der Waals surface area (Å²) in [5.74, 6) is 0.492. The predicted octanol–water partition coefficient (Wildman–Crippen LogP) is 2.16. The van der Waals surface area contributed by atoms with Gasteiger partial charge in [0.1, 0.15) is 5.60 Å². The second-order valence-corrected chi connectivity index (χ2v) is 4.92. The second-order valence-electron chi connectivity index (χ2n) is 4.92. The van der Waals surface area contributed by atoms with Crippen LogP contribution in [-0.4, -0.2) is 36.2 Å². The van der Waals surface area contributed by atoms with Gasteiger partial charge in [-0.15, -0.1) is 0 Å². The Morgan fingerprint density at radius 3 is 2.60 bits per heavy atom. The van der Waals surface area contributed by atoms with Crippen LogP contribution >= 0.6 is 0 Å². The van der Waals surface area contributed by atoms with Crippen LogP contribution < -0.4 is 0 Å². The first-order valence-electron chi connectivity index (χ1n) is 5.23. The number of carbonyl (C=O) groups excluding carboxylic acids is 1. The van der Waals surface area contributed by atoms with Crippen molar-refractivity contribution in [3.8, 4) is 0 Å². The molecule has 0 aromatic carbocycles. The fourth-order valence-electron chi connectivity index (χ4n) is 1.48. The van der Waals surface area contributed by atoms with Gasteiger partial charge in [0.15, 0.2) is 0 Å². The van der Waals surface area contributed by atoms with Crippen molar-refractivity contribution in [3.05, 3.63) is 11.4 Å². The summed E-state index contributed by atoms with van der Waals surface area (Å²) in [7, 11) is 0. The van der Waals surface area contributed by atoms with Gasteiger partial charge in [-0.2, -0.15) is 0 Å². The summed E-state index contributed by atoms with van der Waals surface area (Å²) in [5, 5.41) is 0. The minimum absolute atomic E-state index is 0.235. The molecule has 1 fully saturated rings. The number of likely N-dealkylation sites (tertiary alicyclic amines) is 1. The Morgan fingerprint density at radius 2 is 2.13 bits per heavy atom. The lowest BCUT2D eigenvalue weighted by molar-refractivity contribution is -0.00150. The first-order valence-corrected chi connectivity index (χ1v) is 5.23. The lowest BCUT2D eigenvalue weighted by Crippen LogP contribution is -2.51. The van der Waals surface area contributed by atoms with Crippen LogP contribution in [0.1, 0.15) is 27.2 Å². The Balaban J connectivity index is 2.21. The molecule has 1 heterocycles. The summed E-state index contributed by atoms with van der Waals surface area (Å²) in [4.78, 5) is 16.5. The fourth-order valence-corrected chi connectivity index (χ4v) is 1.48. The summed E-state index contributed by atoms with van der Waals surface area (Å²) in [5.41, 5.74) is -0.418. The molecule has 0 atom stereocenters. The van der Waals surface area contributed by atoms with Crippen molar-refractivity contribution in [3.63, 3.8) is 0 Å². The summed E-state index contributed by atoms with van der Waals surface area (Å²) in [6.07, 6.45) is 0.657. The van der Waals surface area contributed by atoms with Gasteiger partial charge in [0.2, 0.25) is 6.54 Å². The van der Waals surface area contributed by atoms with Gasteiger partial charge < -0.3 is 14.5 Å². The van der Waals surface area contributed by atoms with Crippen LogP contribution in [0.25, 0.3) is 4.85 Å². The SMILES string of the molecule is [C-]#[N+]CCC1CN(C(=O)OC(C)(C)C)C1. The summed E-state index contributed by atoms with van der Waals surface area (Å²) in [6, 6.07) is 0. The van der Waals surface area contributed by atoms with E-state index in [-0.39, 0.29) is 6.09 Å². The minimum Gasteiger partial charge on any atom is -0.444 e. The largest absolute Gasteiger partial charge is 0.444 e. The Morgan fingerprint density at radius 1 is 1.53 bits per heavy atom. The summed E-state index contributed by atoms with van der Waals surface area (Å²) in [6.45, 7) is 14.3. The van der Waals surface area contributed by atoms with Crippen LogP contribution in [0.3, 0.4) is 0 Å². The topological polar surface area (TPSA) is 33.9 Å². The Bertz CT molecular complexity index is 269. The average molecular weight is 210 g/mol. The molecule has 0 N–H and O–H groups in total. The highest BCUT2D eigenvalue weighted by molar-refractivity contribution is 5.69. The van der Waals surface area contributed by atoms with E-state index in [2.05, 4.69) is 4.85 Å². The maximum absolute atomic E-state index is 11.5. The molecule has 84 valence electrons. The second kappa shape index (κ2) is 4.52. The zero-order chi connectivity index (χ0) is 11.5. The van der Waals surface area contributed by atoms with E-state index in [4.69, 9.17) is 11.3 Å². The molecule has 1 saturated heterocycles. The summed E-state index contributed by atoms with van der Waals surface area (Å²) < 4.78 is 5.22. The molecule has 0 aliphatic carbocycles. The van der Waals surface area contributed by atoms with Crippen LogP contribution in [-0.2, 0) is 4.74 Å². The zero-order valence-corrected chi connectivity index (χ0v) is 9.62. The zero-order valence-electron chi connectivity index (χ0n) is 9.62. The molecule has 0 bridgehead atoms. The van der Waals surface area contributed by atoms with E-state index < -0.39 is 5.60 Å². The highest BCUT2D eigenvalue weighted by Gasteiger charge is 2.33. The summed E-state index contributed by atoms with van der Waals surface area (Å²) >= 11 is 0. The van der Waals surface area contributed by atoms with Crippen molar-refractivity contribution in [1.29, 1.82) is 0 Å².